The van der Waals surface area contributed by atoms with Gasteiger partial charge in [-0.3, -0.25) is 9.89 Å². The number of nitrogens with zero attached hydrogens (tertiary/aromatic N) is 7. The number of piperidine rings is 1. The first-order valence-corrected chi connectivity index (χ1v) is 13.1. The predicted octanol–water partition coefficient (Wildman–Crippen LogP) is 4.01. The average molecular weight is 508 g/mol. The van der Waals surface area contributed by atoms with Gasteiger partial charge >= 0.3 is 6.01 Å². The first-order chi connectivity index (χ1) is 18.2. The molecule has 0 aromatic carbocycles. The van der Waals surface area contributed by atoms with Gasteiger partial charge < -0.3 is 15.0 Å². The summed E-state index contributed by atoms with van der Waals surface area (Å²) < 4.78 is 5.21. The molecule has 3 aromatic heterocycles. The molecule has 3 aliphatic rings. The lowest BCUT2D eigenvalue weighted by molar-refractivity contribution is 0.0939. The molecular formula is C26H37N9O2. The van der Waals surface area contributed by atoms with Crippen LogP contribution in [0.3, 0.4) is 0 Å². The lowest BCUT2D eigenvalue weighted by atomic mass is 9.92. The molecule has 0 unspecified atom stereocenters. The van der Waals surface area contributed by atoms with E-state index < -0.39 is 0 Å². The standard InChI is InChI=1S/C20H24N8O2.C3H6.C2H6.CHN/c1-30-20-24-17(18(29)22-11-12-4-5-12)23-19(25-20)28-9-6-13(7-10-28)15-14-3-2-8-21-16(14)27-26-15;1-2-3-1;2*1-2/h2-3,8,12-13H,4-7,9-11H2,1H3,(H,22,29)(H,21,26,27);1-3H2;1-2H3;1H. The second kappa shape index (κ2) is 14.1. The van der Waals surface area contributed by atoms with Gasteiger partial charge in [0.05, 0.1) is 7.11 Å². The van der Waals surface area contributed by atoms with Crippen LogP contribution in [0, 0.1) is 17.8 Å². The van der Waals surface area contributed by atoms with E-state index in [2.05, 4.69) is 53.0 Å². The summed E-state index contributed by atoms with van der Waals surface area (Å²) in [4.78, 5) is 31.8. The fourth-order valence-electron chi connectivity index (χ4n) is 3.87. The smallest absolute Gasteiger partial charge is 0.321 e. The Balaban J connectivity index is 0.000000488. The highest BCUT2D eigenvalue weighted by atomic mass is 16.5. The van der Waals surface area contributed by atoms with Crippen molar-refractivity contribution in [3.8, 4) is 12.6 Å². The third kappa shape index (κ3) is 7.84. The van der Waals surface area contributed by atoms with Crippen LogP contribution in [0.2, 0.25) is 0 Å². The van der Waals surface area contributed by atoms with Crippen molar-refractivity contribution >= 4 is 22.9 Å². The van der Waals surface area contributed by atoms with E-state index in [1.165, 1.54) is 39.2 Å². The molecule has 0 spiro atoms. The molecular weight excluding hydrogens is 470 g/mol. The van der Waals surface area contributed by atoms with Crippen molar-refractivity contribution in [3.63, 3.8) is 0 Å². The molecule has 3 aromatic rings. The van der Waals surface area contributed by atoms with Gasteiger partial charge in [-0.05, 0) is 43.7 Å². The number of H-pyrrole nitrogens is 1. The number of methoxy groups -OCH3 is 1. The molecule has 0 atom stereocenters. The summed E-state index contributed by atoms with van der Waals surface area (Å²) in [7, 11) is 1.49. The van der Waals surface area contributed by atoms with E-state index in [-0.39, 0.29) is 17.7 Å². The van der Waals surface area contributed by atoms with Crippen molar-refractivity contribution in [2.45, 2.75) is 64.7 Å². The van der Waals surface area contributed by atoms with Gasteiger partial charge in [0.1, 0.15) is 0 Å². The average Bonchev–Trinajstić information content (AvgIpc) is 3.92. The number of nitrogens with one attached hydrogen (secondary N) is 2. The van der Waals surface area contributed by atoms with Gasteiger partial charge in [0, 0.05) is 49.4 Å². The highest BCUT2D eigenvalue weighted by molar-refractivity contribution is 5.90. The Kier molecular flexibility index (Phi) is 10.6. The van der Waals surface area contributed by atoms with Crippen LogP contribution >= 0.6 is 0 Å². The van der Waals surface area contributed by atoms with Crippen molar-refractivity contribution in [1.82, 2.24) is 35.5 Å². The number of carbonyl (C=O) groups is 1. The summed E-state index contributed by atoms with van der Waals surface area (Å²) in [5, 5.41) is 18.0. The fourth-order valence-corrected chi connectivity index (χ4v) is 3.87. The third-order valence-electron chi connectivity index (χ3n) is 6.14. The number of ether oxygens (including phenoxy) is 1. The highest BCUT2D eigenvalue weighted by Crippen LogP contribution is 2.32. The molecule has 37 heavy (non-hydrogen) atoms. The molecule has 11 nitrogen and oxygen atoms in total. The Morgan fingerprint density at radius 3 is 2.46 bits per heavy atom. The van der Waals surface area contributed by atoms with Crippen LogP contribution in [0.4, 0.5) is 5.95 Å². The van der Waals surface area contributed by atoms with E-state index in [1.807, 2.05) is 19.9 Å². The molecule has 0 radical (unpaired) electrons. The Morgan fingerprint density at radius 1 is 1.14 bits per heavy atom. The van der Waals surface area contributed by atoms with Gasteiger partial charge in [-0.25, -0.2) is 10.2 Å². The minimum atomic E-state index is -0.282. The molecule has 1 amide bonds. The van der Waals surface area contributed by atoms with Crippen molar-refractivity contribution < 1.29 is 9.53 Å². The molecule has 1 saturated heterocycles. The molecule has 4 heterocycles. The number of rotatable bonds is 6. The number of carbonyl (C=O) groups excluding carboxylic acids is 1. The van der Waals surface area contributed by atoms with Gasteiger partial charge in [-0.1, -0.05) is 33.1 Å². The van der Waals surface area contributed by atoms with Gasteiger partial charge in [0.15, 0.2) is 5.65 Å². The highest BCUT2D eigenvalue weighted by Gasteiger charge is 2.27. The Hall–Kier alpha value is -3.81. The van der Waals surface area contributed by atoms with Crippen LogP contribution in [0.5, 0.6) is 6.01 Å². The number of amides is 1. The van der Waals surface area contributed by atoms with Crippen LogP contribution in [0.1, 0.15) is 81.0 Å². The maximum atomic E-state index is 12.5. The number of pyridine rings is 1. The van der Waals surface area contributed by atoms with Crippen LogP contribution in [-0.4, -0.2) is 62.8 Å². The molecule has 3 fully saturated rings. The summed E-state index contributed by atoms with van der Waals surface area (Å²) >= 11 is 0. The molecule has 6 rings (SSSR count). The second-order valence-corrected chi connectivity index (χ2v) is 8.93. The van der Waals surface area contributed by atoms with Crippen molar-refractivity contribution in [2.75, 3.05) is 31.6 Å². The Morgan fingerprint density at radius 2 is 1.84 bits per heavy atom. The topological polar surface area (TPSA) is 146 Å². The Bertz CT molecular complexity index is 1150. The fraction of sp³-hybridized carbons (Fsp3) is 0.577. The molecule has 2 aliphatic carbocycles. The van der Waals surface area contributed by atoms with E-state index in [0.29, 0.717) is 24.3 Å². The van der Waals surface area contributed by atoms with Gasteiger partial charge in [0.25, 0.3) is 5.91 Å². The largest absolute Gasteiger partial charge is 0.467 e. The maximum absolute atomic E-state index is 12.5. The van der Waals surface area contributed by atoms with E-state index in [1.54, 1.807) is 6.20 Å². The SMILES string of the molecule is C#N.C1CC1.CC.COc1nc(C(=O)NCC2CC2)nc(N2CCC(c3[nH]nc4ncccc34)CC2)n1. The van der Waals surface area contributed by atoms with Crippen LogP contribution < -0.4 is 15.0 Å². The molecule has 11 heteroatoms. The first kappa shape index (κ1) is 27.8. The summed E-state index contributed by atoms with van der Waals surface area (Å²) in [6, 6.07) is 4.14. The van der Waals surface area contributed by atoms with Crippen molar-refractivity contribution in [2.24, 2.45) is 5.92 Å². The van der Waals surface area contributed by atoms with Gasteiger partial charge in [-0.15, -0.1) is 0 Å². The molecule has 1 aliphatic heterocycles. The quantitative estimate of drug-likeness (QED) is 0.505. The van der Waals surface area contributed by atoms with E-state index in [0.717, 1.165) is 42.7 Å². The molecule has 2 N–H and O–H groups in total. The third-order valence-corrected chi connectivity index (χ3v) is 6.14. The lowest BCUT2D eigenvalue weighted by Crippen LogP contribution is -2.35. The van der Waals surface area contributed by atoms with Crippen LogP contribution in [0.15, 0.2) is 18.3 Å². The molecule has 198 valence electrons. The molecule has 2 saturated carbocycles. The number of nitriles is 1. The minimum Gasteiger partial charge on any atom is -0.467 e. The normalized spacial score (nSPS) is 16.2. The van der Waals surface area contributed by atoms with Gasteiger partial charge in [0.2, 0.25) is 11.8 Å². The minimum absolute atomic E-state index is 0.102. The zero-order valence-electron chi connectivity index (χ0n) is 22.0. The van der Waals surface area contributed by atoms with Crippen LogP contribution in [-0.2, 0) is 0 Å². The van der Waals surface area contributed by atoms with E-state index in [4.69, 9.17) is 10.00 Å². The van der Waals surface area contributed by atoms with Crippen molar-refractivity contribution in [1.29, 1.82) is 5.26 Å². The second-order valence-electron chi connectivity index (χ2n) is 8.93. The Labute approximate surface area is 218 Å². The number of hydrogen-bond acceptors (Lipinski definition) is 9. The number of aromatic amines is 1. The number of fused-ring (bicyclic) bond motifs is 1. The van der Waals surface area contributed by atoms with Gasteiger partial charge in [-0.2, -0.15) is 20.1 Å². The number of hydrogen-bond donors (Lipinski definition) is 2. The summed E-state index contributed by atoms with van der Waals surface area (Å²) in [5.74, 6) is 1.25. The summed E-state index contributed by atoms with van der Waals surface area (Å²) in [6.07, 6.45) is 10.4. The zero-order valence-corrected chi connectivity index (χ0v) is 22.0. The van der Waals surface area contributed by atoms with E-state index >= 15 is 0 Å². The monoisotopic (exact) mass is 507 g/mol. The zero-order chi connectivity index (χ0) is 26.6. The summed E-state index contributed by atoms with van der Waals surface area (Å²) in [6.45, 7) is 9.70. The number of aromatic nitrogens is 6. The number of anilines is 1. The molecule has 0 bridgehead atoms. The van der Waals surface area contributed by atoms with Crippen LogP contribution in [0.25, 0.3) is 11.0 Å². The predicted molar refractivity (Wildman–Crippen MR) is 141 cm³/mol. The van der Waals surface area contributed by atoms with Crippen molar-refractivity contribution in [3.05, 3.63) is 29.8 Å². The lowest BCUT2D eigenvalue weighted by Gasteiger charge is -2.31. The maximum Gasteiger partial charge on any atom is 0.321 e. The van der Waals surface area contributed by atoms with E-state index in [9.17, 15) is 4.79 Å². The first-order valence-electron chi connectivity index (χ1n) is 13.1. The summed E-state index contributed by atoms with van der Waals surface area (Å²) in [5.41, 5.74) is 1.88.